The van der Waals surface area contributed by atoms with Crippen molar-refractivity contribution in [1.29, 1.82) is 0 Å². The molecule has 1 radical (unpaired) electrons. The van der Waals surface area contributed by atoms with Gasteiger partial charge in [-0.25, -0.2) is 0 Å². The Labute approximate surface area is 152 Å². The highest BCUT2D eigenvalue weighted by Crippen LogP contribution is 1.95. The van der Waals surface area contributed by atoms with Crippen molar-refractivity contribution in [2.75, 3.05) is 101 Å². The molecule has 9 nitrogen and oxygen atoms in total. The molecule has 0 aromatic heterocycles. The van der Waals surface area contributed by atoms with Crippen LogP contribution in [0, 0.1) is 0 Å². The monoisotopic (exact) mass is 385 g/mol. The van der Waals surface area contributed by atoms with Crippen LogP contribution in [0.1, 0.15) is 0 Å². The van der Waals surface area contributed by atoms with Crippen molar-refractivity contribution in [3.63, 3.8) is 0 Å². The van der Waals surface area contributed by atoms with E-state index in [9.17, 15) is 0 Å². The average Bonchev–Trinajstić information content (AvgIpc) is 2.63. The molecule has 151 valence electrons. The summed E-state index contributed by atoms with van der Waals surface area (Å²) in [5, 5.41) is 0. The Kier molecular flexibility index (Phi) is 21.8. The lowest BCUT2D eigenvalue weighted by Gasteiger charge is -2.15. The van der Waals surface area contributed by atoms with E-state index in [-0.39, 0.29) is 0 Å². The van der Waals surface area contributed by atoms with Gasteiger partial charge in [-0.2, -0.15) is 0 Å². The quantitative estimate of drug-likeness (QED) is 0.200. The molecule has 0 saturated carbocycles. The number of methoxy groups -OCH3 is 3. The minimum absolute atomic E-state index is 0.396. The van der Waals surface area contributed by atoms with Crippen LogP contribution in [0.25, 0.3) is 0 Å². The Morgan fingerprint density at radius 1 is 0.400 bits per heavy atom. The van der Waals surface area contributed by atoms with Gasteiger partial charge in [-0.05, 0) is 0 Å². The summed E-state index contributed by atoms with van der Waals surface area (Å²) in [7, 11) is 3.04. The fourth-order valence-corrected chi connectivity index (χ4v) is 2.41. The van der Waals surface area contributed by atoms with E-state index in [4.69, 9.17) is 41.7 Å². The lowest BCUT2D eigenvalue weighted by atomic mass is 10.7. The van der Waals surface area contributed by atoms with Crippen molar-refractivity contribution in [2.45, 2.75) is 0 Å². The Morgan fingerprint density at radius 2 is 0.680 bits per heavy atom. The van der Waals surface area contributed by atoms with Crippen molar-refractivity contribution in [1.82, 2.24) is 0 Å². The van der Waals surface area contributed by atoms with Crippen molar-refractivity contribution in [3.05, 3.63) is 0 Å². The molecular weight excluding hydrogens is 352 g/mol. The molecule has 0 N–H and O–H groups in total. The summed E-state index contributed by atoms with van der Waals surface area (Å²) in [6.45, 7) is 5.83. The van der Waals surface area contributed by atoms with Crippen molar-refractivity contribution < 1.29 is 41.7 Å². The second-order valence-corrected chi connectivity index (χ2v) is 5.98. The van der Waals surface area contributed by atoms with E-state index in [1.165, 1.54) is 0 Å². The van der Waals surface area contributed by atoms with E-state index in [1.54, 1.807) is 21.3 Å². The molecule has 0 aliphatic rings. The first kappa shape index (κ1) is 24.9. The highest BCUT2D eigenvalue weighted by molar-refractivity contribution is 6.36. The average molecular weight is 386 g/mol. The van der Waals surface area contributed by atoms with E-state index >= 15 is 0 Å². The SMILES string of the molecule is COCCOCCO[Si](OCCOCCOC)OCCOCCOC. The third kappa shape index (κ3) is 20.0. The molecule has 0 heterocycles. The van der Waals surface area contributed by atoms with Gasteiger partial charge in [-0.3, -0.25) is 0 Å². The summed E-state index contributed by atoms with van der Waals surface area (Å²) in [5.41, 5.74) is 0. The van der Waals surface area contributed by atoms with Crippen LogP contribution in [0.2, 0.25) is 0 Å². The molecule has 0 aromatic rings. The molecule has 0 fully saturated rings. The zero-order valence-electron chi connectivity index (χ0n) is 15.7. The molecule has 0 saturated heterocycles. The zero-order chi connectivity index (χ0) is 18.4. The molecule has 10 heteroatoms. The lowest BCUT2D eigenvalue weighted by molar-refractivity contribution is 0.00436. The van der Waals surface area contributed by atoms with Gasteiger partial charge < -0.3 is 41.7 Å². The van der Waals surface area contributed by atoms with Gasteiger partial charge in [0.25, 0.3) is 0 Å². The van der Waals surface area contributed by atoms with Gasteiger partial charge in [-0.15, -0.1) is 0 Å². The maximum Gasteiger partial charge on any atom is 0.578 e. The first-order valence-corrected chi connectivity index (χ1v) is 9.53. The maximum absolute atomic E-state index is 5.61. The molecule has 0 bridgehead atoms. The number of ether oxygens (including phenoxy) is 6. The maximum atomic E-state index is 5.61. The second-order valence-electron chi connectivity index (χ2n) is 4.61. The van der Waals surface area contributed by atoms with Crippen LogP contribution < -0.4 is 0 Å². The number of hydrogen-bond donors (Lipinski definition) is 0. The third-order valence-corrected chi connectivity index (χ3v) is 3.96. The van der Waals surface area contributed by atoms with E-state index in [0.717, 1.165) is 0 Å². The van der Waals surface area contributed by atoms with E-state index in [0.29, 0.717) is 79.3 Å². The fourth-order valence-electron chi connectivity index (χ4n) is 1.41. The minimum Gasteiger partial charge on any atom is -0.382 e. The van der Waals surface area contributed by atoms with E-state index in [2.05, 4.69) is 0 Å². The Hall–Kier alpha value is -0.143. The molecular formula is C15H33O9Si. The molecule has 0 spiro atoms. The molecule has 0 aliphatic carbocycles. The molecule has 0 aliphatic heterocycles. The predicted octanol–water partition coefficient (Wildman–Crippen LogP) is 0.0101. The molecule has 0 unspecified atom stereocenters. The van der Waals surface area contributed by atoms with Gasteiger partial charge in [0.15, 0.2) is 0 Å². The summed E-state index contributed by atoms with van der Waals surface area (Å²) in [6.07, 6.45) is 0. The first-order chi connectivity index (χ1) is 12.3. The summed E-state index contributed by atoms with van der Waals surface area (Å²) < 4.78 is 47.6. The standard InChI is InChI=1S/C15H33O9Si/c1-16-4-7-19-10-13-22-25(23-14-11-20-8-5-17-2)24-15-12-21-9-6-18-3/h4-15H2,1-3H3. The van der Waals surface area contributed by atoms with Gasteiger partial charge in [-0.1, -0.05) is 0 Å². The Bertz CT molecular complexity index is 211. The lowest BCUT2D eigenvalue weighted by Crippen LogP contribution is -2.31. The molecule has 0 amide bonds. The van der Waals surface area contributed by atoms with Crippen LogP contribution in [0.5, 0.6) is 0 Å². The predicted molar refractivity (Wildman–Crippen MR) is 91.7 cm³/mol. The van der Waals surface area contributed by atoms with Crippen LogP contribution in [0.4, 0.5) is 0 Å². The normalized spacial score (nSPS) is 11.5. The Balaban J connectivity index is 3.76. The second kappa shape index (κ2) is 21.9. The minimum atomic E-state index is -1.86. The summed E-state index contributed by atoms with van der Waals surface area (Å²) >= 11 is 0. The van der Waals surface area contributed by atoms with Gasteiger partial charge in [0, 0.05) is 21.3 Å². The molecule has 0 rings (SSSR count). The number of rotatable bonds is 21. The first-order valence-electron chi connectivity index (χ1n) is 8.30. The topological polar surface area (TPSA) is 83.1 Å². The number of hydrogen-bond acceptors (Lipinski definition) is 9. The smallest absolute Gasteiger partial charge is 0.382 e. The Morgan fingerprint density at radius 3 is 0.960 bits per heavy atom. The summed E-state index contributed by atoms with van der Waals surface area (Å²) in [6, 6.07) is 0. The molecule has 0 aromatic carbocycles. The van der Waals surface area contributed by atoms with Gasteiger partial charge in [0.05, 0.1) is 79.3 Å². The van der Waals surface area contributed by atoms with Crippen LogP contribution in [0.3, 0.4) is 0 Å². The van der Waals surface area contributed by atoms with Crippen LogP contribution in [0.15, 0.2) is 0 Å². The highest BCUT2D eigenvalue weighted by atomic mass is 28.3. The molecule has 25 heavy (non-hydrogen) atoms. The zero-order valence-corrected chi connectivity index (χ0v) is 16.7. The van der Waals surface area contributed by atoms with E-state index < -0.39 is 9.53 Å². The van der Waals surface area contributed by atoms with Gasteiger partial charge >= 0.3 is 9.53 Å². The van der Waals surface area contributed by atoms with Crippen LogP contribution in [-0.4, -0.2) is 110 Å². The van der Waals surface area contributed by atoms with Crippen molar-refractivity contribution in [2.24, 2.45) is 0 Å². The van der Waals surface area contributed by atoms with Crippen LogP contribution in [-0.2, 0) is 41.7 Å². The molecule has 0 atom stereocenters. The summed E-state index contributed by atoms with van der Waals surface area (Å²) in [5.74, 6) is 0. The summed E-state index contributed by atoms with van der Waals surface area (Å²) in [4.78, 5) is 0. The van der Waals surface area contributed by atoms with Gasteiger partial charge in [0.1, 0.15) is 0 Å². The highest BCUT2D eigenvalue weighted by Gasteiger charge is 2.19. The largest absolute Gasteiger partial charge is 0.578 e. The third-order valence-electron chi connectivity index (χ3n) is 2.64. The van der Waals surface area contributed by atoms with Gasteiger partial charge in [0.2, 0.25) is 0 Å². The fraction of sp³-hybridized carbons (Fsp3) is 1.00. The van der Waals surface area contributed by atoms with Crippen LogP contribution >= 0.6 is 0 Å². The van der Waals surface area contributed by atoms with Crippen molar-refractivity contribution in [3.8, 4) is 0 Å². The van der Waals surface area contributed by atoms with E-state index in [1.807, 2.05) is 0 Å². The van der Waals surface area contributed by atoms with Crippen molar-refractivity contribution >= 4 is 9.53 Å².